The van der Waals surface area contributed by atoms with Crippen LogP contribution in [-0.4, -0.2) is 5.97 Å². The van der Waals surface area contributed by atoms with Crippen LogP contribution in [-0.2, 0) is 0 Å². The highest BCUT2D eigenvalue weighted by atomic mass is 16.5. The number of benzene rings is 3. The summed E-state index contributed by atoms with van der Waals surface area (Å²) in [4.78, 5) is 12.2. The first-order valence-electron chi connectivity index (χ1n) is 9.69. The third-order valence-electron chi connectivity index (χ3n) is 5.73. The number of fused-ring (bicyclic) bond motifs is 3. The highest BCUT2D eigenvalue weighted by molar-refractivity contribution is 5.90. The van der Waals surface area contributed by atoms with Gasteiger partial charge in [-0.1, -0.05) is 60.7 Å². The maximum atomic E-state index is 12.2. The lowest BCUT2D eigenvalue weighted by Crippen LogP contribution is -2.28. The first-order valence-corrected chi connectivity index (χ1v) is 9.69. The van der Waals surface area contributed by atoms with E-state index in [0.29, 0.717) is 23.1 Å². The molecule has 3 heteroatoms. The second kappa shape index (κ2) is 7.01. The van der Waals surface area contributed by atoms with Crippen molar-refractivity contribution in [3.8, 4) is 5.75 Å². The predicted molar refractivity (Wildman–Crippen MR) is 111 cm³/mol. The summed E-state index contributed by atoms with van der Waals surface area (Å²) in [6.07, 6.45) is 5.71. The number of rotatable bonds is 3. The van der Waals surface area contributed by atoms with Crippen LogP contribution in [0.4, 0.5) is 5.69 Å². The normalized spacial score (nSPS) is 22.1. The van der Waals surface area contributed by atoms with E-state index in [1.54, 1.807) is 12.1 Å². The van der Waals surface area contributed by atoms with E-state index in [0.717, 1.165) is 6.42 Å². The number of carbonyl (C=O) groups is 1. The van der Waals surface area contributed by atoms with Gasteiger partial charge in [-0.3, -0.25) is 0 Å². The van der Waals surface area contributed by atoms with Gasteiger partial charge >= 0.3 is 5.97 Å². The standard InChI is InChI=1S/C25H21NO2/c27-25(18-7-2-1-3-8-18)28-19-15-13-17(14-16-19)24-22-11-6-10-20(22)21-9-4-5-12-23(21)26-24/h1-10,12-16,20,22,24,26H,11H2/t20-,22-,24-/m0/s1. The smallest absolute Gasteiger partial charge is 0.343 e. The molecule has 1 aliphatic carbocycles. The van der Waals surface area contributed by atoms with Gasteiger partial charge in [-0.25, -0.2) is 4.79 Å². The predicted octanol–water partition coefficient (Wildman–Crippen LogP) is 5.73. The molecule has 0 bridgehead atoms. The van der Waals surface area contributed by atoms with Gasteiger partial charge in [0.05, 0.1) is 11.6 Å². The van der Waals surface area contributed by atoms with E-state index in [4.69, 9.17) is 4.74 Å². The largest absolute Gasteiger partial charge is 0.423 e. The Hall–Kier alpha value is -3.33. The van der Waals surface area contributed by atoms with Crippen molar-refractivity contribution in [3.63, 3.8) is 0 Å². The van der Waals surface area contributed by atoms with Gasteiger partial charge < -0.3 is 10.1 Å². The van der Waals surface area contributed by atoms with Gasteiger partial charge in [-0.15, -0.1) is 0 Å². The molecule has 0 aromatic heterocycles. The molecule has 3 aromatic rings. The zero-order valence-electron chi connectivity index (χ0n) is 15.4. The van der Waals surface area contributed by atoms with Crippen LogP contribution < -0.4 is 10.1 Å². The van der Waals surface area contributed by atoms with Crippen LogP contribution in [0.3, 0.4) is 0 Å². The summed E-state index contributed by atoms with van der Waals surface area (Å²) in [5.74, 6) is 1.19. The number of para-hydroxylation sites is 1. The molecular formula is C25H21NO2. The number of carbonyl (C=O) groups excluding carboxylic acids is 1. The Kier molecular flexibility index (Phi) is 4.21. The Morgan fingerprint density at radius 1 is 0.893 bits per heavy atom. The summed E-state index contributed by atoms with van der Waals surface area (Å²) in [7, 11) is 0. The maximum Gasteiger partial charge on any atom is 0.343 e. The molecule has 0 amide bonds. The lowest BCUT2D eigenvalue weighted by atomic mass is 9.77. The maximum absolute atomic E-state index is 12.2. The topological polar surface area (TPSA) is 38.3 Å². The summed E-state index contributed by atoms with van der Waals surface area (Å²) in [5.41, 5.74) is 4.36. The lowest BCUT2D eigenvalue weighted by Gasteiger charge is -2.37. The van der Waals surface area contributed by atoms with E-state index in [2.05, 4.69) is 53.9 Å². The molecule has 28 heavy (non-hydrogen) atoms. The van der Waals surface area contributed by atoms with Crippen molar-refractivity contribution in [2.75, 3.05) is 5.32 Å². The van der Waals surface area contributed by atoms with Crippen molar-refractivity contribution in [3.05, 3.63) is 108 Å². The number of ether oxygens (including phenoxy) is 1. The molecular weight excluding hydrogens is 346 g/mol. The first-order chi connectivity index (χ1) is 13.8. The van der Waals surface area contributed by atoms with Crippen molar-refractivity contribution in [1.82, 2.24) is 0 Å². The average molecular weight is 367 g/mol. The monoisotopic (exact) mass is 367 g/mol. The summed E-state index contributed by atoms with van der Waals surface area (Å²) < 4.78 is 5.51. The fourth-order valence-electron chi connectivity index (χ4n) is 4.36. The van der Waals surface area contributed by atoms with Crippen molar-refractivity contribution in [2.24, 2.45) is 5.92 Å². The minimum Gasteiger partial charge on any atom is -0.423 e. The Labute approximate surface area is 164 Å². The molecule has 5 rings (SSSR count). The molecule has 0 radical (unpaired) electrons. The van der Waals surface area contributed by atoms with Crippen LogP contribution in [0.2, 0.25) is 0 Å². The Bertz CT molecular complexity index is 1020. The number of hydrogen-bond donors (Lipinski definition) is 1. The van der Waals surface area contributed by atoms with Crippen LogP contribution in [0, 0.1) is 5.92 Å². The molecule has 3 nitrogen and oxygen atoms in total. The molecule has 0 spiro atoms. The van der Waals surface area contributed by atoms with Gasteiger partial charge in [0.25, 0.3) is 0 Å². The van der Waals surface area contributed by atoms with Crippen molar-refractivity contribution < 1.29 is 9.53 Å². The molecule has 1 heterocycles. The van der Waals surface area contributed by atoms with Gasteiger partial charge in [-0.05, 0) is 53.8 Å². The van der Waals surface area contributed by atoms with Crippen molar-refractivity contribution >= 4 is 11.7 Å². The molecule has 1 N–H and O–H groups in total. The van der Waals surface area contributed by atoms with Crippen LogP contribution in [0.5, 0.6) is 5.75 Å². The van der Waals surface area contributed by atoms with Gasteiger partial charge in [0.2, 0.25) is 0 Å². The number of allylic oxidation sites excluding steroid dienone is 2. The zero-order chi connectivity index (χ0) is 18.9. The van der Waals surface area contributed by atoms with Crippen LogP contribution in [0.15, 0.2) is 91.0 Å². The molecule has 3 atom stereocenters. The van der Waals surface area contributed by atoms with E-state index < -0.39 is 0 Å². The fourth-order valence-corrected chi connectivity index (χ4v) is 4.36. The van der Waals surface area contributed by atoms with E-state index in [1.165, 1.54) is 16.8 Å². The Morgan fingerprint density at radius 2 is 1.64 bits per heavy atom. The van der Waals surface area contributed by atoms with E-state index in [-0.39, 0.29) is 12.0 Å². The van der Waals surface area contributed by atoms with E-state index >= 15 is 0 Å². The number of nitrogens with one attached hydrogen (secondary N) is 1. The number of anilines is 1. The molecule has 0 unspecified atom stereocenters. The highest BCUT2D eigenvalue weighted by Crippen LogP contribution is 2.49. The van der Waals surface area contributed by atoms with Gasteiger partial charge in [0.1, 0.15) is 5.75 Å². The minimum absolute atomic E-state index is 0.244. The van der Waals surface area contributed by atoms with Crippen LogP contribution >= 0.6 is 0 Å². The quantitative estimate of drug-likeness (QED) is 0.365. The van der Waals surface area contributed by atoms with Gasteiger partial charge in [0, 0.05) is 11.6 Å². The molecule has 0 saturated carbocycles. The molecule has 0 saturated heterocycles. The summed E-state index contributed by atoms with van der Waals surface area (Å²) in [6, 6.07) is 25.8. The second-order valence-electron chi connectivity index (χ2n) is 7.39. The molecule has 0 fully saturated rings. The fraction of sp³-hybridized carbons (Fsp3) is 0.160. The Morgan fingerprint density at radius 3 is 2.46 bits per heavy atom. The number of hydrogen-bond acceptors (Lipinski definition) is 3. The molecule has 138 valence electrons. The van der Waals surface area contributed by atoms with Crippen LogP contribution in [0.25, 0.3) is 0 Å². The van der Waals surface area contributed by atoms with Gasteiger partial charge in [0.15, 0.2) is 0 Å². The summed E-state index contributed by atoms with van der Waals surface area (Å²) in [6.45, 7) is 0. The Balaban J connectivity index is 1.37. The zero-order valence-corrected chi connectivity index (χ0v) is 15.4. The van der Waals surface area contributed by atoms with Crippen molar-refractivity contribution in [1.29, 1.82) is 0 Å². The summed E-state index contributed by atoms with van der Waals surface area (Å²) >= 11 is 0. The summed E-state index contributed by atoms with van der Waals surface area (Å²) in [5, 5.41) is 3.72. The molecule has 2 aliphatic rings. The van der Waals surface area contributed by atoms with Crippen molar-refractivity contribution in [2.45, 2.75) is 18.4 Å². The minimum atomic E-state index is -0.335. The average Bonchev–Trinajstić information content (AvgIpc) is 3.25. The second-order valence-corrected chi connectivity index (χ2v) is 7.39. The molecule has 1 aliphatic heterocycles. The third kappa shape index (κ3) is 2.99. The SMILES string of the molecule is O=C(Oc1ccc([C@@H]2Nc3ccccc3[C@@H]3C=CC[C@@H]32)cc1)c1ccccc1. The molecule has 3 aromatic carbocycles. The van der Waals surface area contributed by atoms with E-state index in [1.807, 2.05) is 30.3 Å². The van der Waals surface area contributed by atoms with E-state index in [9.17, 15) is 4.79 Å². The number of esters is 1. The third-order valence-corrected chi connectivity index (χ3v) is 5.73. The first kappa shape index (κ1) is 16.8. The highest BCUT2D eigenvalue weighted by Gasteiger charge is 2.37. The van der Waals surface area contributed by atoms with Gasteiger partial charge in [-0.2, -0.15) is 0 Å². The van der Waals surface area contributed by atoms with Crippen LogP contribution in [0.1, 0.15) is 39.9 Å². The lowest BCUT2D eigenvalue weighted by molar-refractivity contribution is 0.0734.